The van der Waals surface area contributed by atoms with Gasteiger partial charge in [0, 0.05) is 24.6 Å². The fourth-order valence-corrected chi connectivity index (χ4v) is 9.66. The van der Waals surface area contributed by atoms with Gasteiger partial charge in [0.25, 0.3) is 0 Å². The third-order valence-electron chi connectivity index (χ3n) is 9.70. The maximum absolute atomic E-state index is 13.0. The molecule has 0 spiro atoms. The molecule has 0 aromatic heterocycles. The van der Waals surface area contributed by atoms with Crippen LogP contribution in [0.5, 0.6) is 0 Å². The van der Waals surface area contributed by atoms with Crippen LogP contribution in [0.2, 0.25) is 0 Å². The highest BCUT2D eigenvalue weighted by molar-refractivity contribution is 9.09. The van der Waals surface area contributed by atoms with Crippen LogP contribution in [0.1, 0.15) is 79.1 Å². The molecule has 0 aliphatic heterocycles. The normalized spacial score (nSPS) is 46.3. The molecule has 5 nitrogen and oxygen atoms in total. The zero-order valence-electron chi connectivity index (χ0n) is 19.3. The number of Topliss-reactive ketones (excluding diaryl/α,β-unsaturated/α-hetero) is 1. The Balaban J connectivity index is 1.51. The van der Waals surface area contributed by atoms with Gasteiger partial charge in [-0.05, 0) is 85.9 Å². The fraction of sp³-hybridized carbons (Fsp3) is 0.880. The van der Waals surface area contributed by atoms with Gasteiger partial charge in [0.15, 0.2) is 5.78 Å². The second-order valence-electron chi connectivity index (χ2n) is 11.2. The first-order chi connectivity index (χ1) is 14.6. The Hall–Kier alpha value is -0.910. The highest BCUT2D eigenvalue weighted by Gasteiger charge is 2.63. The Bertz CT molecular complexity index is 752. The molecule has 0 radical (unpaired) electrons. The van der Waals surface area contributed by atoms with Gasteiger partial charge in [-0.15, -0.1) is 0 Å². The molecule has 4 fully saturated rings. The van der Waals surface area contributed by atoms with Gasteiger partial charge in [0.05, 0.1) is 0 Å². The largest absolute Gasteiger partial charge is 0.463 e. The van der Waals surface area contributed by atoms with Crippen LogP contribution in [0.3, 0.4) is 0 Å². The summed E-state index contributed by atoms with van der Waals surface area (Å²) in [5.74, 6) is 1.93. The van der Waals surface area contributed by atoms with Crippen molar-refractivity contribution in [2.45, 2.75) is 90.0 Å². The van der Waals surface area contributed by atoms with Gasteiger partial charge in [-0.25, -0.2) is 0 Å². The summed E-state index contributed by atoms with van der Waals surface area (Å²) < 4.78 is 10.7. The number of hydrogen-bond acceptors (Lipinski definition) is 5. The summed E-state index contributed by atoms with van der Waals surface area (Å²) in [4.78, 5) is 35.9. The van der Waals surface area contributed by atoms with Crippen LogP contribution in [0.4, 0.5) is 0 Å². The topological polar surface area (TPSA) is 69.7 Å². The van der Waals surface area contributed by atoms with Crippen molar-refractivity contribution < 1.29 is 23.9 Å². The molecule has 0 amide bonds. The summed E-state index contributed by atoms with van der Waals surface area (Å²) in [6.45, 7) is 7.58. The first kappa shape index (κ1) is 23.3. The summed E-state index contributed by atoms with van der Waals surface area (Å²) in [5, 5.41) is 0. The first-order valence-electron chi connectivity index (χ1n) is 12.0. The van der Waals surface area contributed by atoms with E-state index in [1.165, 1.54) is 33.1 Å². The van der Waals surface area contributed by atoms with Crippen molar-refractivity contribution in [2.75, 3.05) is 6.61 Å². The molecule has 0 bridgehead atoms. The van der Waals surface area contributed by atoms with E-state index in [2.05, 4.69) is 29.8 Å². The van der Waals surface area contributed by atoms with Crippen LogP contribution in [0, 0.1) is 40.4 Å². The molecule has 0 heterocycles. The lowest BCUT2D eigenvalue weighted by molar-refractivity contribution is -0.161. The molecule has 1 unspecified atom stereocenters. The number of carbonyl (C=O) groups excluding carboxylic acids is 3. The quantitative estimate of drug-likeness (QED) is 0.400. The van der Waals surface area contributed by atoms with E-state index in [0.717, 1.165) is 32.1 Å². The van der Waals surface area contributed by atoms with Gasteiger partial charge in [-0.2, -0.15) is 0 Å². The average molecular weight is 497 g/mol. The Morgan fingerprint density at radius 2 is 1.61 bits per heavy atom. The summed E-state index contributed by atoms with van der Waals surface area (Å²) in [6, 6.07) is 0. The van der Waals surface area contributed by atoms with Crippen LogP contribution >= 0.6 is 15.9 Å². The predicted octanol–water partition coefficient (Wildman–Crippen LogP) is 5.08. The fourth-order valence-electron chi connectivity index (χ4n) is 8.36. The van der Waals surface area contributed by atoms with E-state index in [1.807, 2.05) is 0 Å². The summed E-state index contributed by atoms with van der Waals surface area (Å²) in [6.07, 6.45) is 8.87. The number of carbonyl (C=O) groups is 3. The Morgan fingerprint density at radius 1 is 0.903 bits per heavy atom. The smallest absolute Gasteiger partial charge is 0.303 e. The molecule has 174 valence electrons. The summed E-state index contributed by atoms with van der Waals surface area (Å²) in [7, 11) is 0. The van der Waals surface area contributed by atoms with Gasteiger partial charge in [0.2, 0.25) is 0 Å². The molecule has 6 heteroatoms. The van der Waals surface area contributed by atoms with Crippen molar-refractivity contribution in [1.82, 2.24) is 0 Å². The van der Waals surface area contributed by atoms with E-state index in [0.29, 0.717) is 29.1 Å². The second-order valence-corrected chi connectivity index (χ2v) is 12.4. The van der Waals surface area contributed by atoms with Gasteiger partial charge in [-0.3, -0.25) is 14.4 Å². The number of esters is 2. The van der Waals surface area contributed by atoms with Crippen molar-refractivity contribution in [3.05, 3.63) is 0 Å². The van der Waals surface area contributed by atoms with Crippen molar-refractivity contribution in [3.63, 3.8) is 0 Å². The lowest BCUT2D eigenvalue weighted by Crippen LogP contribution is -2.54. The summed E-state index contributed by atoms with van der Waals surface area (Å²) in [5.41, 5.74) is 0.285. The molecule has 31 heavy (non-hydrogen) atoms. The van der Waals surface area contributed by atoms with Crippen LogP contribution < -0.4 is 0 Å². The minimum absolute atomic E-state index is 0.0231. The third kappa shape index (κ3) is 4.00. The minimum Gasteiger partial charge on any atom is -0.463 e. The van der Waals surface area contributed by atoms with Gasteiger partial charge in [0.1, 0.15) is 12.7 Å². The Labute approximate surface area is 194 Å². The number of rotatable bonds is 4. The van der Waals surface area contributed by atoms with E-state index in [4.69, 9.17) is 9.47 Å². The zero-order valence-corrected chi connectivity index (χ0v) is 20.9. The van der Waals surface area contributed by atoms with E-state index in [9.17, 15) is 14.4 Å². The molecule has 0 aromatic carbocycles. The lowest BCUT2D eigenvalue weighted by Gasteiger charge is -2.61. The number of alkyl halides is 1. The molecule has 9 atom stereocenters. The van der Waals surface area contributed by atoms with Crippen LogP contribution in [0.25, 0.3) is 0 Å². The molecule has 0 saturated heterocycles. The van der Waals surface area contributed by atoms with Gasteiger partial charge < -0.3 is 9.47 Å². The van der Waals surface area contributed by atoms with Crippen molar-refractivity contribution in [1.29, 1.82) is 0 Å². The Kier molecular flexibility index (Phi) is 6.35. The SMILES string of the molecule is CC(=O)OCC(=O)[C@H]1C(Br)C[C@H]2[C@@H]3CC[C@H]4C[C@@H](OC(C)=O)CC[C@]4(C)[C@H]3CC[C@]12C. The molecule has 0 N–H and O–H groups in total. The number of ketones is 1. The van der Waals surface area contributed by atoms with Gasteiger partial charge >= 0.3 is 11.9 Å². The van der Waals surface area contributed by atoms with E-state index >= 15 is 0 Å². The van der Waals surface area contributed by atoms with Crippen molar-refractivity contribution in [3.8, 4) is 0 Å². The number of halogens is 1. The van der Waals surface area contributed by atoms with E-state index in [-0.39, 0.29) is 40.6 Å². The molecule has 4 aliphatic carbocycles. The monoisotopic (exact) mass is 496 g/mol. The van der Waals surface area contributed by atoms with E-state index in [1.54, 1.807) is 0 Å². The third-order valence-corrected chi connectivity index (χ3v) is 10.6. The standard InChI is InChI=1S/C25H37BrO5/c1-14(27)30-13-22(29)23-21(26)12-20-18-6-5-16-11-17(31-15(2)28)7-9-24(16,3)19(18)8-10-25(20,23)4/h16-21,23H,5-13H2,1-4H3/t16-,17-,18+,19-,20-,21?,23+,24-,25-/m0/s1. The van der Waals surface area contributed by atoms with Crippen LogP contribution in [0.15, 0.2) is 0 Å². The molecule has 4 saturated carbocycles. The van der Waals surface area contributed by atoms with Crippen molar-refractivity contribution >= 4 is 33.7 Å². The highest BCUT2D eigenvalue weighted by Crippen LogP contribution is 2.68. The maximum Gasteiger partial charge on any atom is 0.303 e. The zero-order chi connectivity index (χ0) is 22.6. The number of hydrogen-bond donors (Lipinski definition) is 0. The van der Waals surface area contributed by atoms with Crippen LogP contribution in [-0.4, -0.2) is 35.3 Å². The predicted molar refractivity (Wildman–Crippen MR) is 121 cm³/mol. The van der Waals surface area contributed by atoms with Gasteiger partial charge in [-0.1, -0.05) is 29.8 Å². The molecule has 4 rings (SSSR count). The molecular weight excluding hydrogens is 460 g/mol. The minimum atomic E-state index is -0.390. The molecule has 4 aliphatic rings. The first-order valence-corrected chi connectivity index (χ1v) is 12.9. The average Bonchev–Trinajstić information content (AvgIpc) is 2.96. The molecule has 0 aromatic rings. The summed E-state index contributed by atoms with van der Waals surface area (Å²) >= 11 is 3.86. The highest BCUT2D eigenvalue weighted by atomic mass is 79.9. The van der Waals surface area contributed by atoms with Crippen molar-refractivity contribution in [2.24, 2.45) is 40.4 Å². The van der Waals surface area contributed by atoms with Crippen LogP contribution in [-0.2, 0) is 23.9 Å². The Morgan fingerprint density at radius 3 is 2.29 bits per heavy atom. The second kappa shape index (κ2) is 8.46. The number of ether oxygens (including phenoxy) is 2. The number of fused-ring (bicyclic) bond motifs is 5. The van der Waals surface area contributed by atoms with E-state index < -0.39 is 5.97 Å². The molecular formula is C25H37BrO5. The lowest BCUT2D eigenvalue weighted by atomic mass is 9.44. The maximum atomic E-state index is 13.0.